The van der Waals surface area contributed by atoms with Crippen LogP contribution >= 0.6 is 12.4 Å². The lowest BCUT2D eigenvalue weighted by atomic mass is 10.0. The van der Waals surface area contributed by atoms with E-state index in [0.717, 1.165) is 0 Å². The second-order valence-electron chi connectivity index (χ2n) is 3.68. The maximum Gasteiger partial charge on any atom is 0.342 e. The minimum atomic E-state index is -1.86. The zero-order valence-corrected chi connectivity index (χ0v) is 11.8. The van der Waals surface area contributed by atoms with Crippen molar-refractivity contribution in [3.63, 3.8) is 0 Å². The summed E-state index contributed by atoms with van der Waals surface area (Å²) < 4.78 is 23.5. The van der Waals surface area contributed by atoms with Gasteiger partial charge in [0.1, 0.15) is 5.75 Å². The molecular formula is C13H19ClFNO3. The van der Waals surface area contributed by atoms with Crippen LogP contribution in [0.15, 0.2) is 24.3 Å². The second-order valence-corrected chi connectivity index (χ2v) is 3.68. The number of esters is 1. The molecule has 108 valence electrons. The van der Waals surface area contributed by atoms with Crippen molar-refractivity contribution in [1.29, 1.82) is 0 Å². The van der Waals surface area contributed by atoms with E-state index in [1.165, 1.54) is 0 Å². The SMILES string of the molecule is CCOC(=O)C(F)[C@@H](N)c1ccc(OCC)cc1.Cl. The molecule has 0 aromatic heterocycles. The van der Waals surface area contributed by atoms with Gasteiger partial charge in [-0.05, 0) is 31.5 Å². The third kappa shape index (κ3) is 5.04. The summed E-state index contributed by atoms with van der Waals surface area (Å²) in [6.07, 6.45) is -1.86. The molecule has 0 fully saturated rings. The van der Waals surface area contributed by atoms with Crippen molar-refractivity contribution in [3.05, 3.63) is 29.8 Å². The number of hydrogen-bond donors (Lipinski definition) is 1. The molecule has 0 spiro atoms. The van der Waals surface area contributed by atoms with Crippen LogP contribution in [0.25, 0.3) is 0 Å². The zero-order chi connectivity index (χ0) is 13.5. The number of benzene rings is 1. The van der Waals surface area contributed by atoms with Crippen molar-refractivity contribution >= 4 is 18.4 Å². The first-order valence-corrected chi connectivity index (χ1v) is 5.89. The summed E-state index contributed by atoms with van der Waals surface area (Å²) >= 11 is 0. The van der Waals surface area contributed by atoms with E-state index in [4.69, 9.17) is 10.5 Å². The number of carbonyl (C=O) groups is 1. The Bertz CT molecular complexity index is 386. The Morgan fingerprint density at radius 1 is 1.26 bits per heavy atom. The number of nitrogens with two attached hydrogens (primary N) is 1. The Kier molecular flexibility index (Phi) is 8.11. The molecular weight excluding hydrogens is 273 g/mol. The molecule has 0 heterocycles. The molecule has 19 heavy (non-hydrogen) atoms. The van der Waals surface area contributed by atoms with Crippen molar-refractivity contribution in [3.8, 4) is 5.75 Å². The number of ether oxygens (including phenoxy) is 2. The number of carbonyl (C=O) groups excluding carboxylic acids is 1. The second kappa shape index (κ2) is 8.72. The molecule has 0 aliphatic rings. The van der Waals surface area contributed by atoms with Gasteiger partial charge in [-0.2, -0.15) is 0 Å². The predicted molar refractivity (Wildman–Crippen MR) is 73.3 cm³/mol. The van der Waals surface area contributed by atoms with Crippen LogP contribution in [-0.2, 0) is 9.53 Å². The van der Waals surface area contributed by atoms with Gasteiger partial charge in [0.25, 0.3) is 0 Å². The Balaban J connectivity index is 0.00000324. The topological polar surface area (TPSA) is 61.5 Å². The van der Waals surface area contributed by atoms with Gasteiger partial charge >= 0.3 is 5.97 Å². The van der Waals surface area contributed by atoms with Gasteiger partial charge in [-0.15, -0.1) is 12.4 Å². The fourth-order valence-electron chi connectivity index (χ4n) is 1.49. The van der Waals surface area contributed by atoms with Crippen LogP contribution in [0, 0.1) is 0 Å². The predicted octanol–water partition coefficient (Wildman–Crippen LogP) is 2.41. The highest BCUT2D eigenvalue weighted by Crippen LogP contribution is 2.21. The van der Waals surface area contributed by atoms with E-state index in [1.54, 1.807) is 31.2 Å². The third-order valence-corrected chi connectivity index (χ3v) is 2.40. The van der Waals surface area contributed by atoms with Gasteiger partial charge in [-0.3, -0.25) is 0 Å². The first-order valence-electron chi connectivity index (χ1n) is 5.89. The van der Waals surface area contributed by atoms with E-state index in [9.17, 15) is 9.18 Å². The molecule has 0 saturated carbocycles. The molecule has 4 nitrogen and oxygen atoms in total. The van der Waals surface area contributed by atoms with Gasteiger partial charge in [0.2, 0.25) is 6.17 Å². The maximum atomic E-state index is 13.7. The standard InChI is InChI=1S/C13H18FNO3.ClH/c1-3-17-10-7-5-9(6-8-10)12(15)11(14)13(16)18-4-2;/h5-8,11-12H,3-4,15H2,1-2H3;1H/t11?,12-;/m0./s1. The molecule has 2 atom stereocenters. The molecule has 0 aliphatic heterocycles. The van der Waals surface area contributed by atoms with E-state index >= 15 is 0 Å². The van der Waals surface area contributed by atoms with Crippen LogP contribution in [0.4, 0.5) is 4.39 Å². The highest BCUT2D eigenvalue weighted by atomic mass is 35.5. The number of alkyl halides is 1. The number of rotatable bonds is 6. The molecule has 0 aliphatic carbocycles. The monoisotopic (exact) mass is 291 g/mol. The summed E-state index contributed by atoms with van der Waals surface area (Å²) in [5.41, 5.74) is 6.20. The lowest BCUT2D eigenvalue weighted by Crippen LogP contribution is -2.31. The Hall–Kier alpha value is -1.33. The van der Waals surface area contributed by atoms with Crippen molar-refractivity contribution < 1.29 is 18.7 Å². The summed E-state index contributed by atoms with van der Waals surface area (Å²) in [5.74, 6) is -0.251. The maximum absolute atomic E-state index is 13.7. The Morgan fingerprint density at radius 2 is 1.84 bits per heavy atom. The average Bonchev–Trinajstić information content (AvgIpc) is 2.38. The van der Waals surface area contributed by atoms with E-state index in [0.29, 0.717) is 17.9 Å². The zero-order valence-electron chi connectivity index (χ0n) is 11.0. The van der Waals surface area contributed by atoms with Crippen LogP contribution in [0.1, 0.15) is 25.5 Å². The van der Waals surface area contributed by atoms with Crippen molar-refractivity contribution in [2.45, 2.75) is 26.1 Å². The summed E-state index contributed by atoms with van der Waals surface area (Å²) in [6.45, 7) is 4.18. The Morgan fingerprint density at radius 3 is 2.32 bits per heavy atom. The van der Waals surface area contributed by atoms with E-state index < -0.39 is 18.2 Å². The molecule has 0 amide bonds. The fraction of sp³-hybridized carbons (Fsp3) is 0.462. The molecule has 1 aromatic carbocycles. The van der Waals surface area contributed by atoms with Gasteiger partial charge < -0.3 is 15.2 Å². The molecule has 2 N–H and O–H groups in total. The first-order chi connectivity index (χ1) is 8.60. The van der Waals surface area contributed by atoms with Crippen LogP contribution in [0.2, 0.25) is 0 Å². The molecule has 1 aromatic rings. The first kappa shape index (κ1) is 17.7. The van der Waals surface area contributed by atoms with Gasteiger partial charge in [0.15, 0.2) is 0 Å². The lowest BCUT2D eigenvalue weighted by Gasteiger charge is -2.16. The summed E-state index contributed by atoms with van der Waals surface area (Å²) in [7, 11) is 0. The summed E-state index contributed by atoms with van der Waals surface area (Å²) in [6, 6.07) is 5.63. The van der Waals surface area contributed by atoms with Gasteiger partial charge in [0.05, 0.1) is 19.3 Å². The van der Waals surface area contributed by atoms with Crippen LogP contribution in [0.5, 0.6) is 5.75 Å². The minimum absolute atomic E-state index is 0. The summed E-state index contributed by atoms with van der Waals surface area (Å²) in [4.78, 5) is 11.2. The Labute approximate surface area is 118 Å². The van der Waals surface area contributed by atoms with E-state index in [-0.39, 0.29) is 19.0 Å². The van der Waals surface area contributed by atoms with Crippen molar-refractivity contribution in [1.82, 2.24) is 0 Å². The number of halogens is 2. The highest BCUT2D eigenvalue weighted by molar-refractivity contribution is 5.85. The minimum Gasteiger partial charge on any atom is -0.494 e. The average molecular weight is 292 g/mol. The fourth-order valence-corrected chi connectivity index (χ4v) is 1.49. The van der Waals surface area contributed by atoms with E-state index in [1.807, 2.05) is 6.92 Å². The lowest BCUT2D eigenvalue weighted by molar-refractivity contribution is -0.149. The smallest absolute Gasteiger partial charge is 0.342 e. The normalized spacial score (nSPS) is 13.1. The van der Waals surface area contributed by atoms with Crippen molar-refractivity contribution in [2.75, 3.05) is 13.2 Å². The highest BCUT2D eigenvalue weighted by Gasteiger charge is 2.27. The van der Waals surface area contributed by atoms with Gasteiger partial charge in [-0.1, -0.05) is 12.1 Å². The molecule has 1 unspecified atom stereocenters. The molecule has 6 heteroatoms. The molecule has 0 bridgehead atoms. The molecule has 0 saturated heterocycles. The molecule has 1 rings (SSSR count). The van der Waals surface area contributed by atoms with Crippen LogP contribution in [-0.4, -0.2) is 25.4 Å². The quantitative estimate of drug-likeness (QED) is 0.818. The van der Waals surface area contributed by atoms with Crippen LogP contribution < -0.4 is 10.5 Å². The largest absolute Gasteiger partial charge is 0.494 e. The third-order valence-electron chi connectivity index (χ3n) is 2.40. The van der Waals surface area contributed by atoms with Gasteiger partial charge in [-0.25, -0.2) is 9.18 Å². The molecule has 0 radical (unpaired) electrons. The van der Waals surface area contributed by atoms with Crippen LogP contribution in [0.3, 0.4) is 0 Å². The number of hydrogen-bond acceptors (Lipinski definition) is 4. The van der Waals surface area contributed by atoms with Gasteiger partial charge in [0, 0.05) is 0 Å². The van der Waals surface area contributed by atoms with E-state index in [2.05, 4.69) is 4.74 Å². The summed E-state index contributed by atoms with van der Waals surface area (Å²) in [5, 5.41) is 0. The van der Waals surface area contributed by atoms with Crippen molar-refractivity contribution in [2.24, 2.45) is 5.73 Å².